The number of pyridine rings is 1. The van der Waals surface area contributed by atoms with Crippen LogP contribution in [0, 0.1) is 5.92 Å². The highest BCUT2D eigenvalue weighted by Gasteiger charge is 2.22. The lowest BCUT2D eigenvalue weighted by molar-refractivity contribution is 0.241. The molecule has 0 fully saturated rings. The quantitative estimate of drug-likeness (QED) is 0.831. The maximum Gasteiger partial charge on any atom is 0.319 e. The highest BCUT2D eigenvalue weighted by Crippen LogP contribution is 2.27. The van der Waals surface area contributed by atoms with Crippen molar-refractivity contribution in [3.8, 4) is 0 Å². The zero-order valence-corrected chi connectivity index (χ0v) is 13.1. The van der Waals surface area contributed by atoms with Crippen LogP contribution < -0.4 is 10.6 Å². The molecule has 2 rings (SSSR count). The summed E-state index contributed by atoms with van der Waals surface area (Å²) in [5.74, 6) is 0.405. The van der Waals surface area contributed by atoms with E-state index < -0.39 is 0 Å². The number of amides is 2. The number of nitrogens with one attached hydrogen (secondary N) is 2. The average molecular weight is 297 g/mol. The number of benzene rings is 1. The van der Waals surface area contributed by atoms with Crippen molar-refractivity contribution in [1.29, 1.82) is 0 Å². The second kappa shape index (κ2) is 8.17. The molecule has 1 heterocycles. The van der Waals surface area contributed by atoms with E-state index in [-0.39, 0.29) is 12.1 Å². The summed E-state index contributed by atoms with van der Waals surface area (Å²) in [5.41, 5.74) is 1.83. The normalized spacial score (nSPS) is 12.0. The summed E-state index contributed by atoms with van der Waals surface area (Å²) in [6.45, 7) is 4.32. The molecule has 0 radical (unpaired) electrons. The predicted molar refractivity (Wildman–Crippen MR) is 89.6 cm³/mol. The Bertz CT molecular complexity index is 567. The van der Waals surface area contributed by atoms with E-state index in [1.807, 2.05) is 24.3 Å². The average Bonchev–Trinajstić information content (AvgIpc) is 2.56. The van der Waals surface area contributed by atoms with Crippen LogP contribution in [-0.2, 0) is 0 Å². The molecule has 0 aliphatic rings. The smallest absolute Gasteiger partial charge is 0.319 e. The van der Waals surface area contributed by atoms with Crippen LogP contribution in [0.1, 0.15) is 38.3 Å². The standard InChI is InChI=1S/C18H23N3O/c1-3-14(4-2)17(15-9-6-5-7-10-15)21-18(22)20-16-11-8-12-19-13-16/h5-14,17H,3-4H2,1-2H3,(H2,20,21,22). The summed E-state index contributed by atoms with van der Waals surface area (Å²) < 4.78 is 0. The summed E-state index contributed by atoms with van der Waals surface area (Å²) in [4.78, 5) is 16.3. The number of nitrogens with zero attached hydrogens (tertiary/aromatic N) is 1. The van der Waals surface area contributed by atoms with E-state index in [0.717, 1.165) is 18.4 Å². The van der Waals surface area contributed by atoms with E-state index in [9.17, 15) is 4.79 Å². The molecule has 4 heteroatoms. The fourth-order valence-corrected chi connectivity index (χ4v) is 2.64. The van der Waals surface area contributed by atoms with E-state index in [0.29, 0.717) is 11.6 Å². The highest BCUT2D eigenvalue weighted by molar-refractivity contribution is 5.89. The van der Waals surface area contributed by atoms with Gasteiger partial charge in [-0.3, -0.25) is 4.98 Å². The number of hydrogen-bond acceptors (Lipinski definition) is 2. The first-order valence-electron chi connectivity index (χ1n) is 7.77. The minimum Gasteiger partial charge on any atom is -0.331 e. The van der Waals surface area contributed by atoms with Crippen LogP contribution in [0.3, 0.4) is 0 Å². The van der Waals surface area contributed by atoms with Crippen LogP contribution in [0.15, 0.2) is 54.9 Å². The van der Waals surface area contributed by atoms with Crippen LogP contribution in [0.4, 0.5) is 10.5 Å². The van der Waals surface area contributed by atoms with Gasteiger partial charge in [0.05, 0.1) is 17.9 Å². The Kier molecular flexibility index (Phi) is 5.95. The first-order chi connectivity index (χ1) is 10.7. The molecule has 1 atom stereocenters. The molecule has 1 aromatic carbocycles. The van der Waals surface area contributed by atoms with Gasteiger partial charge in [0.25, 0.3) is 0 Å². The first kappa shape index (κ1) is 16.0. The molecule has 1 aromatic heterocycles. The number of urea groups is 1. The minimum atomic E-state index is -0.200. The van der Waals surface area contributed by atoms with Gasteiger partial charge in [-0.2, -0.15) is 0 Å². The molecule has 2 aromatic rings. The number of rotatable bonds is 6. The van der Waals surface area contributed by atoms with Crippen molar-refractivity contribution in [3.63, 3.8) is 0 Å². The summed E-state index contributed by atoms with van der Waals surface area (Å²) in [5, 5.41) is 5.94. The monoisotopic (exact) mass is 297 g/mol. The molecule has 1 unspecified atom stereocenters. The van der Waals surface area contributed by atoms with Gasteiger partial charge in [0.15, 0.2) is 0 Å². The minimum absolute atomic E-state index is 0.00729. The molecule has 0 spiro atoms. The van der Waals surface area contributed by atoms with Gasteiger partial charge in [-0.05, 0) is 23.6 Å². The first-order valence-corrected chi connectivity index (χ1v) is 7.77. The van der Waals surface area contributed by atoms with Gasteiger partial charge in [0.1, 0.15) is 0 Å². The predicted octanol–water partition coefficient (Wildman–Crippen LogP) is 4.38. The van der Waals surface area contributed by atoms with Crippen LogP contribution in [0.2, 0.25) is 0 Å². The Balaban J connectivity index is 2.11. The van der Waals surface area contributed by atoms with E-state index in [1.165, 1.54) is 0 Å². The zero-order chi connectivity index (χ0) is 15.8. The molecule has 2 amide bonds. The molecule has 22 heavy (non-hydrogen) atoms. The second-order valence-corrected chi connectivity index (χ2v) is 5.31. The number of hydrogen-bond donors (Lipinski definition) is 2. The molecule has 0 aliphatic carbocycles. The lowest BCUT2D eigenvalue weighted by atomic mass is 9.89. The third-order valence-corrected chi connectivity index (χ3v) is 3.88. The van der Waals surface area contributed by atoms with E-state index in [2.05, 4.69) is 41.6 Å². The zero-order valence-electron chi connectivity index (χ0n) is 13.1. The second-order valence-electron chi connectivity index (χ2n) is 5.31. The molecule has 0 aliphatic heterocycles. The van der Waals surface area contributed by atoms with Crippen molar-refractivity contribution in [2.45, 2.75) is 32.7 Å². The molecule has 2 N–H and O–H groups in total. The molecule has 4 nitrogen and oxygen atoms in total. The third-order valence-electron chi connectivity index (χ3n) is 3.88. The van der Waals surface area contributed by atoms with Gasteiger partial charge in [-0.25, -0.2) is 4.79 Å². The Morgan fingerprint density at radius 1 is 1.09 bits per heavy atom. The Hall–Kier alpha value is -2.36. The van der Waals surface area contributed by atoms with Gasteiger partial charge in [0, 0.05) is 6.20 Å². The Morgan fingerprint density at radius 3 is 2.41 bits per heavy atom. The number of carbonyl (C=O) groups is 1. The van der Waals surface area contributed by atoms with Crippen LogP contribution in [-0.4, -0.2) is 11.0 Å². The van der Waals surface area contributed by atoms with E-state index in [1.54, 1.807) is 18.5 Å². The van der Waals surface area contributed by atoms with Gasteiger partial charge >= 0.3 is 6.03 Å². The van der Waals surface area contributed by atoms with Gasteiger partial charge in [-0.1, -0.05) is 57.0 Å². The third kappa shape index (κ3) is 4.32. The number of anilines is 1. The molecule has 0 saturated carbocycles. The Morgan fingerprint density at radius 2 is 1.82 bits per heavy atom. The van der Waals surface area contributed by atoms with Gasteiger partial charge in [-0.15, -0.1) is 0 Å². The fraction of sp³-hybridized carbons (Fsp3) is 0.333. The van der Waals surface area contributed by atoms with Crippen molar-refractivity contribution < 1.29 is 4.79 Å². The SMILES string of the molecule is CCC(CC)C(NC(=O)Nc1cccnc1)c1ccccc1. The maximum atomic E-state index is 12.3. The van der Waals surface area contributed by atoms with E-state index in [4.69, 9.17) is 0 Å². The summed E-state index contributed by atoms with van der Waals surface area (Å²) in [6, 6.07) is 13.6. The fourth-order valence-electron chi connectivity index (χ4n) is 2.64. The van der Waals surface area contributed by atoms with Crippen LogP contribution in [0.25, 0.3) is 0 Å². The van der Waals surface area contributed by atoms with Gasteiger partial charge in [0.2, 0.25) is 0 Å². The molecular weight excluding hydrogens is 274 g/mol. The number of aromatic nitrogens is 1. The molecule has 116 valence electrons. The lowest BCUT2D eigenvalue weighted by Crippen LogP contribution is -2.36. The largest absolute Gasteiger partial charge is 0.331 e. The molecule has 0 saturated heterocycles. The Labute approximate surface area is 132 Å². The van der Waals surface area contributed by atoms with Crippen molar-refractivity contribution >= 4 is 11.7 Å². The molecule has 0 bridgehead atoms. The maximum absolute atomic E-state index is 12.3. The highest BCUT2D eigenvalue weighted by atomic mass is 16.2. The molecular formula is C18H23N3O. The van der Waals surface area contributed by atoms with Crippen LogP contribution in [0.5, 0.6) is 0 Å². The number of carbonyl (C=O) groups excluding carboxylic acids is 1. The van der Waals surface area contributed by atoms with Crippen molar-refractivity contribution in [2.75, 3.05) is 5.32 Å². The van der Waals surface area contributed by atoms with Gasteiger partial charge < -0.3 is 10.6 Å². The summed E-state index contributed by atoms with van der Waals surface area (Å²) in [6.07, 6.45) is 5.35. The lowest BCUT2D eigenvalue weighted by Gasteiger charge is -2.27. The van der Waals surface area contributed by atoms with Crippen molar-refractivity contribution in [1.82, 2.24) is 10.3 Å². The van der Waals surface area contributed by atoms with Crippen LogP contribution >= 0.6 is 0 Å². The van der Waals surface area contributed by atoms with Crippen molar-refractivity contribution in [3.05, 3.63) is 60.4 Å². The summed E-state index contributed by atoms with van der Waals surface area (Å²) >= 11 is 0. The topological polar surface area (TPSA) is 54.0 Å². The van der Waals surface area contributed by atoms with E-state index >= 15 is 0 Å². The van der Waals surface area contributed by atoms with Crippen molar-refractivity contribution in [2.24, 2.45) is 5.92 Å². The summed E-state index contributed by atoms with van der Waals surface area (Å²) in [7, 11) is 0.